The zero-order valence-corrected chi connectivity index (χ0v) is 39.1. The zero-order valence-electron chi connectivity index (χ0n) is 37.6. The fourth-order valence-corrected chi connectivity index (χ4v) is 5.00. The van der Waals surface area contributed by atoms with E-state index in [4.69, 9.17) is 25.7 Å². The molecule has 0 radical (unpaired) electrons. The maximum absolute atomic E-state index is 11.8. The van der Waals surface area contributed by atoms with Crippen LogP contribution in [0.3, 0.4) is 0 Å². The minimum atomic E-state index is -4.92. The van der Waals surface area contributed by atoms with Crippen molar-refractivity contribution in [1.29, 1.82) is 0 Å². The number of alkyl carbamates (subject to hydrolysis) is 1. The van der Waals surface area contributed by atoms with E-state index in [0.717, 1.165) is 70.6 Å². The molecule has 0 spiro atoms. The number of rotatable bonds is 34. The van der Waals surface area contributed by atoms with E-state index in [1.165, 1.54) is 12.8 Å². The monoisotopic (exact) mass is 940 g/mol. The number of hydrogen-bond donors (Lipinski definition) is 7. The van der Waals surface area contributed by atoms with Gasteiger partial charge >= 0.3 is 12.3 Å². The van der Waals surface area contributed by atoms with Crippen LogP contribution in [-0.2, 0) is 38.2 Å². The minimum Gasteiger partial charge on any atom is -0.444 e. The van der Waals surface area contributed by atoms with Crippen molar-refractivity contribution in [2.45, 2.75) is 153 Å². The van der Waals surface area contributed by atoms with Crippen LogP contribution in [-0.4, -0.2) is 124 Å². The van der Waals surface area contributed by atoms with E-state index in [-0.39, 0.29) is 23.6 Å². The van der Waals surface area contributed by atoms with Crippen LogP contribution in [0.2, 0.25) is 0 Å². The molecule has 9 N–H and O–H groups in total. The number of halogens is 5. The molecule has 366 valence electrons. The van der Waals surface area contributed by atoms with Gasteiger partial charge in [-0.15, -0.1) is 0 Å². The van der Waals surface area contributed by atoms with E-state index >= 15 is 0 Å². The molecular formula is C41H78Cl2F3N7O9. The lowest BCUT2D eigenvalue weighted by Gasteiger charge is -2.19. The van der Waals surface area contributed by atoms with Crippen LogP contribution in [0.5, 0.6) is 0 Å². The fraction of sp³-hybridized carbons (Fsp3) is 0.854. The van der Waals surface area contributed by atoms with E-state index in [2.05, 4.69) is 56.7 Å². The van der Waals surface area contributed by atoms with Crippen molar-refractivity contribution >= 4 is 58.7 Å². The number of hydrogen-bond acceptors (Lipinski definition) is 11. The molecule has 0 heterocycles. The van der Waals surface area contributed by atoms with Crippen LogP contribution in [0.4, 0.5) is 18.0 Å². The lowest BCUT2D eigenvalue weighted by molar-refractivity contribution is -0.169. The molecule has 0 aliphatic rings. The Hall–Kier alpha value is -2.97. The summed E-state index contributed by atoms with van der Waals surface area (Å²) in [4.78, 5) is 65.5. The summed E-state index contributed by atoms with van der Waals surface area (Å²) in [5, 5.41) is 14.0. The Balaban J connectivity index is -0.000000957. The van der Waals surface area contributed by atoms with Gasteiger partial charge in [0.05, 0.1) is 26.4 Å². The Morgan fingerprint density at radius 3 is 1.13 bits per heavy atom. The van der Waals surface area contributed by atoms with Gasteiger partial charge in [-0.3, -0.25) is 24.0 Å². The molecule has 0 aromatic rings. The molecule has 0 aromatic carbocycles. The molecule has 0 bridgehead atoms. The van der Waals surface area contributed by atoms with E-state index < -0.39 is 28.5 Å². The van der Waals surface area contributed by atoms with Crippen molar-refractivity contribution in [3.05, 3.63) is 0 Å². The molecule has 0 saturated heterocycles. The maximum Gasteiger partial charge on any atom is 0.452 e. The van der Waals surface area contributed by atoms with Gasteiger partial charge in [0.2, 0.25) is 23.6 Å². The molecule has 0 fully saturated rings. The lowest BCUT2D eigenvalue weighted by Crippen LogP contribution is -2.33. The molecule has 0 rings (SSSR count). The van der Waals surface area contributed by atoms with Crippen LogP contribution in [0, 0.1) is 0 Å². The summed E-state index contributed by atoms with van der Waals surface area (Å²) in [6.45, 7) is 13.3. The van der Waals surface area contributed by atoms with Crippen LogP contribution in [0.15, 0.2) is 0 Å². The minimum absolute atomic E-state index is 0.000849. The Bertz CT molecular complexity index is 1140. The smallest absolute Gasteiger partial charge is 0.444 e. The third kappa shape index (κ3) is 51.4. The third-order valence-electron chi connectivity index (χ3n) is 7.97. The second-order valence-corrected chi connectivity index (χ2v) is 16.1. The predicted octanol–water partition coefficient (Wildman–Crippen LogP) is 5.49. The molecule has 0 unspecified atom stereocenters. The number of Topliss-reactive ketones (excluding diaryl/α,β-unsaturated/α-hetero) is 1. The highest BCUT2D eigenvalue weighted by Gasteiger charge is 2.42. The molecule has 5 amide bonds. The van der Waals surface area contributed by atoms with Crippen LogP contribution in [0.1, 0.15) is 137 Å². The van der Waals surface area contributed by atoms with E-state index in [9.17, 15) is 41.9 Å². The van der Waals surface area contributed by atoms with Crippen LogP contribution >= 0.6 is 23.2 Å². The summed E-state index contributed by atoms with van der Waals surface area (Å²) in [7, 11) is 0. The lowest BCUT2D eigenvalue weighted by atomic mass is 10.1. The summed E-state index contributed by atoms with van der Waals surface area (Å²) in [5.74, 6) is -1.96. The van der Waals surface area contributed by atoms with Gasteiger partial charge in [0.1, 0.15) is 5.60 Å². The van der Waals surface area contributed by atoms with Crippen LogP contribution in [0.25, 0.3) is 0 Å². The molecule has 16 nitrogen and oxygen atoms in total. The van der Waals surface area contributed by atoms with E-state index in [0.29, 0.717) is 97.9 Å². The van der Waals surface area contributed by atoms with E-state index in [1.54, 1.807) is 0 Å². The zero-order chi connectivity index (χ0) is 47.5. The van der Waals surface area contributed by atoms with Gasteiger partial charge in [0.25, 0.3) is 5.78 Å². The SMILES string of the molecule is CCCCCCC(=O)NCCOCCNC(=O)CCCCCNC(=O)OC(C)(C)C.NCCCCCC(=O)NCCOCCNC(=O)CCCCCN.O=C(C(Cl)Cl)C(F)(F)F. The normalized spacial score (nSPS) is 11.0. The van der Waals surface area contributed by atoms with Gasteiger partial charge in [0, 0.05) is 58.4 Å². The largest absolute Gasteiger partial charge is 0.452 e. The molecule has 0 atom stereocenters. The summed E-state index contributed by atoms with van der Waals surface area (Å²) < 4.78 is 49.5. The van der Waals surface area contributed by atoms with Crippen molar-refractivity contribution in [2.75, 3.05) is 72.2 Å². The van der Waals surface area contributed by atoms with Crippen molar-refractivity contribution in [2.24, 2.45) is 11.5 Å². The molecule has 62 heavy (non-hydrogen) atoms. The highest BCUT2D eigenvalue weighted by molar-refractivity contribution is 6.54. The number of nitrogens with one attached hydrogen (secondary N) is 5. The Labute approximate surface area is 377 Å². The highest BCUT2D eigenvalue weighted by Crippen LogP contribution is 2.21. The van der Waals surface area contributed by atoms with Crippen molar-refractivity contribution in [1.82, 2.24) is 26.6 Å². The molecule has 0 aliphatic carbocycles. The van der Waals surface area contributed by atoms with Crippen LogP contribution < -0.4 is 38.1 Å². The maximum atomic E-state index is 11.8. The molecule has 21 heteroatoms. The van der Waals surface area contributed by atoms with E-state index in [1.807, 2.05) is 20.8 Å². The van der Waals surface area contributed by atoms with Gasteiger partial charge in [-0.05, 0) is 78.8 Å². The number of carbonyl (C=O) groups is 6. The first kappa shape index (κ1) is 63.3. The summed E-state index contributed by atoms with van der Waals surface area (Å²) >= 11 is 9.22. The number of ether oxygens (including phenoxy) is 3. The number of amides is 5. The molecule has 0 saturated carbocycles. The van der Waals surface area contributed by atoms with Gasteiger partial charge in [0.15, 0.2) is 4.84 Å². The quantitative estimate of drug-likeness (QED) is 0.0315. The second kappa shape index (κ2) is 43.3. The van der Waals surface area contributed by atoms with Crippen molar-refractivity contribution in [3.63, 3.8) is 0 Å². The predicted molar refractivity (Wildman–Crippen MR) is 237 cm³/mol. The van der Waals surface area contributed by atoms with Gasteiger partial charge in [-0.1, -0.05) is 68.7 Å². The van der Waals surface area contributed by atoms with Gasteiger partial charge < -0.3 is 52.3 Å². The molecule has 0 aromatic heterocycles. The molecular weight excluding hydrogens is 862 g/mol. The molecule has 0 aliphatic heterocycles. The summed E-state index contributed by atoms with van der Waals surface area (Å²) in [5.41, 5.74) is 10.3. The fourth-order valence-electron chi connectivity index (χ4n) is 4.75. The first-order valence-electron chi connectivity index (χ1n) is 21.8. The van der Waals surface area contributed by atoms with Gasteiger partial charge in [-0.25, -0.2) is 4.79 Å². The number of nitrogens with two attached hydrogens (primary N) is 2. The number of alkyl halides is 5. The third-order valence-corrected chi connectivity index (χ3v) is 8.37. The first-order valence-corrected chi connectivity index (χ1v) is 22.7. The van der Waals surface area contributed by atoms with Gasteiger partial charge in [-0.2, -0.15) is 13.2 Å². The number of unbranched alkanes of at least 4 members (excludes halogenated alkanes) is 9. The Kier molecular flexibility index (Phi) is 44.2. The Morgan fingerprint density at radius 2 is 0.855 bits per heavy atom. The topological polar surface area (TPSA) is 242 Å². The summed E-state index contributed by atoms with van der Waals surface area (Å²) in [6, 6.07) is 0. The van der Waals surface area contributed by atoms with Crippen molar-refractivity contribution in [3.8, 4) is 0 Å². The number of ketones is 1. The standard InChI is InChI=1S/C22H43N3O5.C16H34N4O3.C3HCl2F3O/c1-5-6-7-9-12-19(26)23-15-17-29-18-16-24-20(27)13-10-8-11-14-25-21(28)30-22(2,3)4;17-9-5-1-3-7-15(21)19-11-13-23-14-12-20-16(22)8-4-2-6-10-18;4-2(5)1(9)3(6,7)8/h5-18H2,1-4H3,(H,23,26)(H,24,27)(H,25,28);1-14,17-18H2,(H,19,21)(H,20,22);2H. The number of carbonyl (C=O) groups excluding carboxylic acids is 6. The first-order chi connectivity index (χ1) is 29.3. The second-order valence-electron chi connectivity index (χ2n) is 15.0. The summed E-state index contributed by atoms with van der Waals surface area (Å²) in [6.07, 6.45) is 9.27. The average Bonchev–Trinajstić information content (AvgIpc) is 3.19. The Morgan fingerprint density at radius 1 is 0.516 bits per heavy atom. The van der Waals surface area contributed by atoms with Crippen molar-refractivity contribution < 1.29 is 56.1 Å². The highest BCUT2D eigenvalue weighted by atomic mass is 35.5. The average molecular weight is 941 g/mol.